The molecule has 6 heteroatoms. The smallest absolute Gasteiger partial charge is 0.310 e. The largest absolute Gasteiger partial charge is 0.461 e. The van der Waals surface area contributed by atoms with E-state index in [4.69, 9.17) is 4.74 Å². The van der Waals surface area contributed by atoms with E-state index in [2.05, 4.69) is 6.92 Å². The number of aliphatic hydroxyl groups is 1. The van der Waals surface area contributed by atoms with Crippen LogP contribution < -0.4 is 0 Å². The second-order valence-electron chi connectivity index (χ2n) is 9.44. The Balaban J connectivity index is 1.59. The molecule has 5 atom stereocenters. The first-order chi connectivity index (χ1) is 12.7. The summed E-state index contributed by atoms with van der Waals surface area (Å²) in [7, 11) is -3.30. The van der Waals surface area contributed by atoms with Gasteiger partial charge in [0.1, 0.15) is 6.10 Å². The fourth-order valence-corrected chi connectivity index (χ4v) is 8.25. The van der Waals surface area contributed by atoms with Gasteiger partial charge in [-0.25, -0.2) is 8.42 Å². The summed E-state index contributed by atoms with van der Waals surface area (Å²) in [5, 5.41) is 10.6. The zero-order chi connectivity index (χ0) is 19.4. The van der Waals surface area contributed by atoms with Gasteiger partial charge in [-0.05, 0) is 52.4 Å². The molecule has 4 aliphatic rings. The molecule has 4 rings (SSSR count). The minimum atomic E-state index is -3.30. The number of hydrogen-bond acceptors (Lipinski definition) is 5. The molecule has 0 aromatic carbocycles. The molecule has 1 aliphatic heterocycles. The molecule has 0 radical (unpaired) electrons. The molecule has 2 saturated carbocycles. The van der Waals surface area contributed by atoms with Gasteiger partial charge in [-0.15, -0.1) is 0 Å². The molecule has 3 aliphatic carbocycles. The number of fused-ring (bicyclic) bond motifs is 3. The summed E-state index contributed by atoms with van der Waals surface area (Å²) >= 11 is 0. The van der Waals surface area contributed by atoms with E-state index in [-0.39, 0.29) is 34.9 Å². The summed E-state index contributed by atoms with van der Waals surface area (Å²) in [6.45, 7) is 3.95. The van der Waals surface area contributed by atoms with Crippen LogP contribution in [0, 0.1) is 17.8 Å². The lowest BCUT2D eigenvalue weighted by Gasteiger charge is -2.33. The van der Waals surface area contributed by atoms with Crippen LogP contribution in [-0.4, -0.2) is 42.2 Å². The highest BCUT2D eigenvalue weighted by Gasteiger charge is 2.57. The molecule has 152 valence electrons. The molecule has 0 amide bonds. The third-order valence-corrected chi connectivity index (χ3v) is 9.95. The third kappa shape index (κ3) is 3.37. The zero-order valence-electron chi connectivity index (χ0n) is 16.4. The minimum absolute atomic E-state index is 0.0824. The summed E-state index contributed by atoms with van der Waals surface area (Å²) in [6.07, 6.45) is 7.24. The number of carbonyl (C=O) groups is 1. The lowest BCUT2D eigenvalue weighted by Crippen LogP contribution is -2.41. The van der Waals surface area contributed by atoms with Gasteiger partial charge in [-0.3, -0.25) is 4.79 Å². The highest BCUT2D eigenvalue weighted by atomic mass is 32.2. The molecule has 0 aromatic rings. The molecule has 1 heterocycles. The predicted octanol–water partition coefficient (Wildman–Crippen LogP) is 3.16. The van der Waals surface area contributed by atoms with E-state index in [0.717, 1.165) is 51.4 Å². The minimum Gasteiger partial charge on any atom is -0.461 e. The van der Waals surface area contributed by atoms with Gasteiger partial charge in [-0.2, -0.15) is 0 Å². The molecule has 0 spiro atoms. The van der Waals surface area contributed by atoms with E-state index < -0.39 is 21.4 Å². The van der Waals surface area contributed by atoms with Crippen LogP contribution in [0.2, 0.25) is 0 Å². The monoisotopic (exact) mass is 396 g/mol. The fourth-order valence-electron chi connectivity index (χ4n) is 6.04. The van der Waals surface area contributed by atoms with Crippen molar-refractivity contribution in [1.82, 2.24) is 0 Å². The lowest BCUT2D eigenvalue weighted by molar-refractivity contribution is -0.147. The molecular weight excluding hydrogens is 364 g/mol. The maximum Gasteiger partial charge on any atom is 0.310 e. The molecule has 5 nitrogen and oxygen atoms in total. The highest BCUT2D eigenvalue weighted by molar-refractivity contribution is 7.92. The summed E-state index contributed by atoms with van der Waals surface area (Å²) in [6, 6.07) is 0. The lowest BCUT2D eigenvalue weighted by atomic mass is 9.78. The van der Waals surface area contributed by atoms with Crippen LogP contribution in [0.15, 0.2) is 11.1 Å². The average molecular weight is 397 g/mol. The number of ether oxygens (including phenoxy) is 1. The van der Waals surface area contributed by atoms with Crippen molar-refractivity contribution in [3.63, 3.8) is 0 Å². The zero-order valence-corrected chi connectivity index (χ0v) is 17.3. The Morgan fingerprint density at radius 3 is 2.56 bits per heavy atom. The molecule has 3 fully saturated rings. The first kappa shape index (κ1) is 19.4. The van der Waals surface area contributed by atoms with Crippen LogP contribution in [0.4, 0.5) is 0 Å². The third-order valence-electron chi connectivity index (χ3n) is 7.64. The Hall–Kier alpha value is -0.880. The summed E-state index contributed by atoms with van der Waals surface area (Å²) < 4.78 is 31.8. The van der Waals surface area contributed by atoms with Gasteiger partial charge in [0, 0.05) is 11.8 Å². The Labute approximate surface area is 162 Å². The summed E-state index contributed by atoms with van der Waals surface area (Å²) in [4.78, 5) is 12.7. The van der Waals surface area contributed by atoms with Crippen molar-refractivity contribution in [3.05, 3.63) is 11.1 Å². The molecule has 0 bridgehead atoms. The van der Waals surface area contributed by atoms with Crippen molar-refractivity contribution < 1.29 is 23.1 Å². The van der Waals surface area contributed by atoms with E-state index in [9.17, 15) is 18.3 Å². The first-order valence-corrected chi connectivity index (χ1v) is 12.3. The van der Waals surface area contributed by atoms with Crippen LogP contribution in [0.25, 0.3) is 0 Å². The van der Waals surface area contributed by atoms with Gasteiger partial charge < -0.3 is 9.84 Å². The topological polar surface area (TPSA) is 80.7 Å². The number of rotatable bonds is 3. The van der Waals surface area contributed by atoms with Crippen molar-refractivity contribution in [3.8, 4) is 0 Å². The van der Waals surface area contributed by atoms with Crippen LogP contribution in [0.5, 0.6) is 0 Å². The Kier molecular flexibility index (Phi) is 4.95. The number of esters is 1. The molecule has 1 saturated heterocycles. The van der Waals surface area contributed by atoms with Gasteiger partial charge in [0.2, 0.25) is 0 Å². The average Bonchev–Trinajstić information content (AvgIpc) is 3.04. The Morgan fingerprint density at radius 2 is 1.85 bits per heavy atom. The van der Waals surface area contributed by atoms with Crippen LogP contribution in [-0.2, 0) is 19.4 Å². The fraction of sp³-hybridized carbons (Fsp3) is 0.857. The molecule has 1 N–H and O–H groups in total. The quantitative estimate of drug-likeness (QED) is 0.585. The Bertz CT molecular complexity index is 745. The molecular formula is C21H32O5S. The van der Waals surface area contributed by atoms with Gasteiger partial charge in [-0.1, -0.05) is 30.4 Å². The second-order valence-corrected chi connectivity index (χ2v) is 11.8. The number of hydrogen-bond donors (Lipinski definition) is 1. The van der Waals surface area contributed by atoms with E-state index in [1.54, 1.807) is 0 Å². The maximum absolute atomic E-state index is 13.0. The van der Waals surface area contributed by atoms with Gasteiger partial charge in [0.05, 0.1) is 22.5 Å². The SMILES string of the molecule is CC1=C2CC[C@@](C)(O)[C@@H]2[C@H]2OC(=O)[C@@H](CS(=O)(=O)C3CCCCC3)[C@@H]2CC1. The van der Waals surface area contributed by atoms with Crippen molar-refractivity contribution >= 4 is 15.8 Å². The highest BCUT2D eigenvalue weighted by Crippen LogP contribution is 2.52. The molecule has 27 heavy (non-hydrogen) atoms. The van der Waals surface area contributed by atoms with Crippen molar-refractivity contribution in [1.29, 1.82) is 0 Å². The standard InChI is InChI=1S/C21H32O5S/c1-13-8-9-16-17(12-27(24,25)14-6-4-3-5-7-14)20(22)26-19(16)18-15(13)10-11-21(18,2)23/h14,16-19,23H,3-12H2,1-2H3/t16-,17-,18-,19-,21+/m0/s1. The van der Waals surface area contributed by atoms with Crippen LogP contribution >= 0.6 is 0 Å². The Morgan fingerprint density at radius 1 is 1.15 bits per heavy atom. The normalized spacial score (nSPS) is 40.5. The van der Waals surface area contributed by atoms with Crippen molar-refractivity contribution in [2.24, 2.45) is 17.8 Å². The summed E-state index contributed by atoms with van der Waals surface area (Å²) in [5.74, 6) is -1.33. The predicted molar refractivity (Wildman–Crippen MR) is 103 cm³/mol. The maximum atomic E-state index is 13.0. The van der Waals surface area contributed by atoms with Crippen LogP contribution in [0.3, 0.4) is 0 Å². The first-order valence-electron chi connectivity index (χ1n) is 10.5. The molecule has 0 aromatic heterocycles. The van der Waals surface area contributed by atoms with Crippen molar-refractivity contribution in [2.75, 3.05) is 5.75 Å². The number of sulfone groups is 1. The second kappa shape index (κ2) is 6.87. The van der Waals surface area contributed by atoms with Gasteiger partial charge in [0.25, 0.3) is 0 Å². The van der Waals surface area contributed by atoms with E-state index in [1.807, 2.05) is 6.92 Å². The van der Waals surface area contributed by atoms with Gasteiger partial charge in [0.15, 0.2) is 9.84 Å². The summed E-state index contributed by atoms with van der Waals surface area (Å²) in [5.41, 5.74) is 1.63. The van der Waals surface area contributed by atoms with Crippen LogP contribution in [0.1, 0.15) is 71.6 Å². The van der Waals surface area contributed by atoms with E-state index >= 15 is 0 Å². The van der Waals surface area contributed by atoms with E-state index in [1.165, 1.54) is 11.1 Å². The van der Waals surface area contributed by atoms with E-state index in [0.29, 0.717) is 6.42 Å². The van der Waals surface area contributed by atoms with Gasteiger partial charge >= 0.3 is 5.97 Å². The van der Waals surface area contributed by atoms with Crippen molar-refractivity contribution in [2.45, 2.75) is 88.6 Å². The number of carbonyl (C=O) groups excluding carboxylic acids is 1. The number of allylic oxidation sites excluding steroid dienone is 1. The molecule has 0 unspecified atom stereocenters.